The average molecular weight is 507 g/mol. The summed E-state index contributed by atoms with van der Waals surface area (Å²) in [5.74, 6) is 2.09. The fourth-order valence-corrected chi connectivity index (χ4v) is 5.31. The fourth-order valence-electron chi connectivity index (χ4n) is 5.31. The van der Waals surface area contributed by atoms with Crippen molar-refractivity contribution < 1.29 is 14.6 Å². The van der Waals surface area contributed by atoms with Gasteiger partial charge in [0.05, 0.1) is 19.7 Å². The van der Waals surface area contributed by atoms with Crippen LogP contribution >= 0.6 is 0 Å². The molecule has 2 atom stereocenters. The largest absolute Gasteiger partial charge is 0.507 e. The highest BCUT2D eigenvalue weighted by atomic mass is 16.5. The maximum Gasteiger partial charge on any atom is 0.182 e. The Balaban J connectivity index is 1.96. The number of carbonyl (C=O) groups is 1. The number of nitrogens with zero attached hydrogens (tertiary/aromatic N) is 2. The number of hydrogen-bond acceptors (Lipinski definition) is 4. The molecular formula is C32H46N2O3. The lowest BCUT2D eigenvalue weighted by atomic mass is 9.78. The van der Waals surface area contributed by atoms with E-state index in [-0.39, 0.29) is 29.1 Å². The summed E-state index contributed by atoms with van der Waals surface area (Å²) < 4.78 is 5.28. The first-order valence-corrected chi connectivity index (χ1v) is 13.6. The third-order valence-corrected chi connectivity index (χ3v) is 7.45. The van der Waals surface area contributed by atoms with Gasteiger partial charge >= 0.3 is 0 Å². The highest BCUT2D eigenvalue weighted by Gasteiger charge is 2.38. The number of methoxy groups -OCH3 is 1. The van der Waals surface area contributed by atoms with Gasteiger partial charge in [-0.05, 0) is 40.9 Å². The van der Waals surface area contributed by atoms with Crippen LogP contribution in [0.5, 0.6) is 5.75 Å². The van der Waals surface area contributed by atoms with Gasteiger partial charge in [-0.2, -0.15) is 0 Å². The SMILES string of the molecule is CC[C@H]1CN(CC(=O)c2cc(C(C)(C)C)c(O)c(C(C)(C)C)c2)C(=NCCOC)[C@@H]1Cc1ccccc1. The molecule has 0 radical (unpaired) electrons. The number of benzene rings is 2. The van der Waals surface area contributed by atoms with Crippen molar-refractivity contribution in [1.82, 2.24) is 4.90 Å². The van der Waals surface area contributed by atoms with Gasteiger partial charge in [0.25, 0.3) is 0 Å². The maximum atomic E-state index is 13.8. The number of ether oxygens (including phenoxy) is 1. The minimum atomic E-state index is -0.283. The van der Waals surface area contributed by atoms with Crippen molar-refractivity contribution in [2.75, 3.05) is 33.4 Å². The van der Waals surface area contributed by atoms with Gasteiger partial charge in [-0.1, -0.05) is 85.2 Å². The third-order valence-electron chi connectivity index (χ3n) is 7.45. The van der Waals surface area contributed by atoms with E-state index in [1.165, 1.54) is 5.56 Å². The fraction of sp³-hybridized carbons (Fsp3) is 0.562. The third kappa shape index (κ3) is 7.01. The van der Waals surface area contributed by atoms with Gasteiger partial charge in [-0.15, -0.1) is 0 Å². The van der Waals surface area contributed by atoms with Crippen LogP contribution in [-0.4, -0.2) is 55.0 Å². The summed E-state index contributed by atoms with van der Waals surface area (Å²) in [5.41, 5.74) is 3.01. The number of ketones is 1. The van der Waals surface area contributed by atoms with Gasteiger partial charge in [0.2, 0.25) is 0 Å². The number of carbonyl (C=O) groups excluding carboxylic acids is 1. The van der Waals surface area contributed by atoms with Gasteiger partial charge in [-0.25, -0.2) is 0 Å². The van der Waals surface area contributed by atoms with Crippen LogP contribution in [0.4, 0.5) is 0 Å². The Bertz CT molecular complexity index is 1060. The Hall–Kier alpha value is -2.66. The van der Waals surface area contributed by atoms with E-state index in [0.717, 1.165) is 36.3 Å². The summed E-state index contributed by atoms with van der Waals surface area (Å²) in [6.45, 7) is 16.9. The Kier molecular flexibility index (Phi) is 9.22. The Morgan fingerprint density at radius 2 is 1.65 bits per heavy atom. The minimum absolute atomic E-state index is 0.0608. The van der Waals surface area contributed by atoms with Crippen LogP contribution in [0.15, 0.2) is 47.5 Å². The molecule has 202 valence electrons. The second kappa shape index (κ2) is 11.8. The number of aromatic hydroxyl groups is 1. The van der Waals surface area contributed by atoms with E-state index in [4.69, 9.17) is 9.73 Å². The highest BCUT2D eigenvalue weighted by Crippen LogP contribution is 2.40. The normalized spacial score (nSPS) is 19.6. The summed E-state index contributed by atoms with van der Waals surface area (Å²) in [6.07, 6.45) is 1.95. The average Bonchev–Trinajstić information content (AvgIpc) is 3.14. The summed E-state index contributed by atoms with van der Waals surface area (Å²) in [7, 11) is 1.69. The zero-order valence-electron chi connectivity index (χ0n) is 24.1. The molecule has 1 heterocycles. The van der Waals surface area contributed by atoms with Crippen molar-refractivity contribution in [2.45, 2.75) is 72.1 Å². The molecule has 1 fully saturated rings. The van der Waals surface area contributed by atoms with Gasteiger partial charge in [0.15, 0.2) is 5.78 Å². The topological polar surface area (TPSA) is 62.1 Å². The van der Waals surface area contributed by atoms with Gasteiger partial charge < -0.3 is 14.7 Å². The van der Waals surface area contributed by atoms with Crippen molar-refractivity contribution in [3.8, 4) is 5.75 Å². The van der Waals surface area contributed by atoms with E-state index >= 15 is 0 Å². The van der Waals surface area contributed by atoms with Crippen LogP contribution in [-0.2, 0) is 22.0 Å². The highest BCUT2D eigenvalue weighted by molar-refractivity contribution is 6.01. The van der Waals surface area contributed by atoms with Crippen LogP contribution in [0.2, 0.25) is 0 Å². The van der Waals surface area contributed by atoms with E-state index < -0.39 is 0 Å². The molecule has 5 heteroatoms. The number of hydrogen-bond donors (Lipinski definition) is 1. The van der Waals surface area contributed by atoms with Crippen LogP contribution in [0, 0.1) is 11.8 Å². The number of likely N-dealkylation sites (tertiary alicyclic amines) is 1. The molecule has 5 nitrogen and oxygen atoms in total. The van der Waals surface area contributed by atoms with E-state index in [1.54, 1.807) is 7.11 Å². The molecule has 1 aliphatic rings. The first-order valence-electron chi connectivity index (χ1n) is 13.6. The summed E-state index contributed by atoms with van der Waals surface area (Å²) in [4.78, 5) is 21.0. The Morgan fingerprint density at radius 3 is 2.16 bits per heavy atom. The zero-order valence-corrected chi connectivity index (χ0v) is 24.1. The molecule has 0 aliphatic carbocycles. The summed E-state index contributed by atoms with van der Waals surface area (Å²) >= 11 is 0. The predicted molar refractivity (Wildman–Crippen MR) is 153 cm³/mol. The molecule has 1 N–H and O–H groups in total. The van der Waals surface area contributed by atoms with Crippen molar-refractivity contribution in [3.05, 3.63) is 64.7 Å². The molecule has 1 saturated heterocycles. The molecule has 0 unspecified atom stereocenters. The molecule has 37 heavy (non-hydrogen) atoms. The molecule has 0 aromatic heterocycles. The smallest absolute Gasteiger partial charge is 0.182 e. The number of rotatable bonds is 9. The van der Waals surface area contributed by atoms with Gasteiger partial charge in [-0.3, -0.25) is 9.79 Å². The zero-order chi connectivity index (χ0) is 27.4. The quantitative estimate of drug-likeness (QED) is 0.315. The van der Waals surface area contributed by atoms with Crippen LogP contribution in [0.3, 0.4) is 0 Å². The lowest BCUT2D eigenvalue weighted by molar-refractivity contribution is 0.0963. The van der Waals surface area contributed by atoms with Crippen LogP contribution < -0.4 is 0 Å². The molecule has 1 aliphatic heterocycles. The number of aliphatic imine (C=N–C) groups is 1. The van der Waals surface area contributed by atoms with E-state index in [0.29, 0.717) is 30.4 Å². The Labute approximate surface area is 224 Å². The first kappa shape index (κ1) is 28.9. The summed E-state index contributed by atoms with van der Waals surface area (Å²) in [6, 6.07) is 14.3. The van der Waals surface area contributed by atoms with Crippen molar-refractivity contribution in [3.63, 3.8) is 0 Å². The monoisotopic (exact) mass is 506 g/mol. The lowest BCUT2D eigenvalue weighted by Crippen LogP contribution is -2.34. The predicted octanol–water partition coefficient (Wildman–Crippen LogP) is 6.42. The van der Waals surface area contributed by atoms with E-state index in [2.05, 4.69) is 77.6 Å². The molecule has 2 aromatic carbocycles. The van der Waals surface area contributed by atoms with Crippen molar-refractivity contribution >= 4 is 11.6 Å². The van der Waals surface area contributed by atoms with Crippen LogP contribution in [0.1, 0.15) is 81.9 Å². The lowest BCUT2D eigenvalue weighted by Gasteiger charge is -2.28. The molecular weight excluding hydrogens is 460 g/mol. The second-order valence-electron chi connectivity index (χ2n) is 12.4. The van der Waals surface area contributed by atoms with E-state index in [1.807, 2.05) is 18.2 Å². The van der Waals surface area contributed by atoms with Gasteiger partial charge in [0.1, 0.15) is 11.6 Å². The first-order chi connectivity index (χ1) is 17.4. The second-order valence-corrected chi connectivity index (χ2v) is 12.4. The molecule has 2 aromatic rings. The molecule has 0 bridgehead atoms. The Morgan fingerprint density at radius 1 is 1.05 bits per heavy atom. The van der Waals surface area contributed by atoms with Gasteiger partial charge in [0, 0.05) is 36.3 Å². The molecule has 0 spiro atoms. The van der Waals surface area contributed by atoms with Crippen molar-refractivity contribution in [2.24, 2.45) is 16.8 Å². The van der Waals surface area contributed by atoms with Crippen molar-refractivity contribution in [1.29, 1.82) is 0 Å². The minimum Gasteiger partial charge on any atom is -0.507 e. The molecule has 0 saturated carbocycles. The van der Waals surface area contributed by atoms with Crippen LogP contribution in [0.25, 0.3) is 0 Å². The maximum absolute atomic E-state index is 13.8. The number of phenolic OH excluding ortho intramolecular Hbond substituents is 1. The van der Waals surface area contributed by atoms with E-state index in [9.17, 15) is 9.90 Å². The summed E-state index contributed by atoms with van der Waals surface area (Å²) in [5, 5.41) is 11.1. The molecule has 3 rings (SSSR count). The number of phenols is 1. The number of Topliss-reactive ketones (excluding diaryl/α,β-unsaturated/α-hetero) is 1. The molecule has 0 amide bonds. The number of amidine groups is 1. The standard InChI is InChI=1S/C32H46N2O3/c1-9-23-20-34(30(33-15-16-37-8)25(23)17-22-13-11-10-12-14-22)21-28(35)24-18-26(31(2,3)4)29(36)27(19-24)32(5,6)7/h10-14,18-19,23,25,36H,9,15-17,20-21H2,1-8H3/t23-,25+/m0/s1.